The van der Waals surface area contributed by atoms with Crippen molar-refractivity contribution >= 4 is 5.97 Å². The number of H-pyrrole nitrogens is 1. The molecule has 4 atom stereocenters. The summed E-state index contributed by atoms with van der Waals surface area (Å²) >= 11 is 0. The molecule has 0 radical (unpaired) electrons. The fraction of sp³-hybridized carbons (Fsp3) is 0.296. The Morgan fingerprint density at radius 3 is 2.28 bits per heavy atom. The summed E-state index contributed by atoms with van der Waals surface area (Å²) in [7, 11) is 0. The van der Waals surface area contributed by atoms with Crippen LogP contribution in [0.5, 0.6) is 0 Å². The highest BCUT2D eigenvalue weighted by atomic mass is 16.6. The van der Waals surface area contributed by atoms with Crippen LogP contribution in [0.2, 0.25) is 0 Å². The van der Waals surface area contributed by atoms with E-state index in [0.29, 0.717) is 0 Å². The first-order valence-electron chi connectivity index (χ1n) is 11.3. The van der Waals surface area contributed by atoms with Crippen LogP contribution in [0.3, 0.4) is 0 Å². The Labute approximate surface area is 207 Å². The van der Waals surface area contributed by atoms with Gasteiger partial charge in [0.2, 0.25) is 0 Å². The van der Waals surface area contributed by atoms with Crippen LogP contribution in [-0.2, 0) is 37.0 Å². The molecular weight excluding hydrogens is 464 g/mol. The highest BCUT2D eigenvalue weighted by molar-refractivity contribution is 5.66. The Morgan fingerprint density at radius 2 is 1.69 bits per heavy atom. The lowest BCUT2D eigenvalue weighted by atomic mass is 9.96. The highest BCUT2D eigenvalue weighted by Gasteiger charge is 2.58. The van der Waals surface area contributed by atoms with E-state index in [1.165, 1.54) is 13.1 Å². The molecule has 1 aliphatic heterocycles. The van der Waals surface area contributed by atoms with Crippen LogP contribution >= 0.6 is 0 Å². The van der Waals surface area contributed by atoms with E-state index in [-0.39, 0.29) is 19.8 Å². The van der Waals surface area contributed by atoms with Crippen molar-refractivity contribution in [3.8, 4) is 12.3 Å². The maximum Gasteiger partial charge on any atom is 0.330 e. The van der Waals surface area contributed by atoms with E-state index >= 15 is 0 Å². The summed E-state index contributed by atoms with van der Waals surface area (Å²) in [5.74, 6) is 2.02. The van der Waals surface area contributed by atoms with E-state index < -0.39 is 41.3 Å². The predicted molar refractivity (Wildman–Crippen MR) is 130 cm³/mol. The van der Waals surface area contributed by atoms with Gasteiger partial charge in [0.1, 0.15) is 6.10 Å². The molecule has 0 saturated carbocycles. The minimum atomic E-state index is -1.51. The number of terminal acetylenes is 1. The van der Waals surface area contributed by atoms with E-state index in [1.807, 2.05) is 60.7 Å². The Kier molecular flexibility index (Phi) is 7.80. The second-order valence-electron chi connectivity index (χ2n) is 8.33. The van der Waals surface area contributed by atoms with E-state index in [2.05, 4.69) is 10.9 Å². The van der Waals surface area contributed by atoms with E-state index in [4.69, 9.17) is 25.4 Å². The van der Waals surface area contributed by atoms with Gasteiger partial charge in [0, 0.05) is 19.2 Å². The average Bonchev–Trinajstić information content (AvgIpc) is 3.16. The van der Waals surface area contributed by atoms with Gasteiger partial charge in [-0.15, -0.1) is 6.42 Å². The maximum atomic E-state index is 12.6. The average molecular weight is 491 g/mol. The minimum Gasteiger partial charge on any atom is -0.455 e. The molecule has 2 unspecified atom stereocenters. The zero-order valence-electron chi connectivity index (χ0n) is 19.7. The molecule has 1 aliphatic rings. The number of carbonyl (C=O) groups is 1. The van der Waals surface area contributed by atoms with Crippen LogP contribution in [-0.4, -0.2) is 39.9 Å². The summed E-state index contributed by atoms with van der Waals surface area (Å²) in [5.41, 5.74) is -1.05. The molecule has 36 heavy (non-hydrogen) atoms. The second-order valence-corrected chi connectivity index (χ2v) is 8.33. The molecule has 1 fully saturated rings. The molecule has 0 spiro atoms. The maximum absolute atomic E-state index is 12.6. The number of hydrogen-bond acceptors (Lipinski definition) is 7. The first kappa shape index (κ1) is 25.1. The van der Waals surface area contributed by atoms with Gasteiger partial charge in [0.25, 0.3) is 5.56 Å². The summed E-state index contributed by atoms with van der Waals surface area (Å²) in [6, 6.07) is 20.0. The van der Waals surface area contributed by atoms with E-state index in [9.17, 15) is 14.4 Å². The fourth-order valence-corrected chi connectivity index (χ4v) is 4.08. The largest absolute Gasteiger partial charge is 0.455 e. The number of aromatic amines is 1. The summed E-state index contributed by atoms with van der Waals surface area (Å²) in [5, 5.41) is 0. The summed E-state index contributed by atoms with van der Waals surface area (Å²) in [6.07, 6.45) is 3.97. The van der Waals surface area contributed by atoms with Crippen LogP contribution in [0.15, 0.2) is 82.5 Å². The van der Waals surface area contributed by atoms with Crippen molar-refractivity contribution < 1.29 is 23.7 Å². The lowest BCUT2D eigenvalue weighted by Crippen LogP contribution is -2.48. The summed E-state index contributed by atoms with van der Waals surface area (Å²) in [4.78, 5) is 38.5. The van der Waals surface area contributed by atoms with Gasteiger partial charge in [-0.05, 0) is 11.1 Å². The van der Waals surface area contributed by atoms with Crippen LogP contribution in [0.1, 0.15) is 24.3 Å². The van der Waals surface area contributed by atoms with Gasteiger partial charge in [0.05, 0.1) is 19.8 Å². The Morgan fingerprint density at radius 1 is 1.06 bits per heavy atom. The molecule has 1 N–H and O–H groups in total. The lowest BCUT2D eigenvalue weighted by molar-refractivity contribution is -0.158. The number of esters is 1. The van der Waals surface area contributed by atoms with E-state index in [0.717, 1.165) is 21.8 Å². The van der Waals surface area contributed by atoms with Crippen molar-refractivity contribution in [2.24, 2.45) is 0 Å². The zero-order valence-corrected chi connectivity index (χ0v) is 19.7. The fourth-order valence-electron chi connectivity index (χ4n) is 4.08. The standard InChI is InChI=1S/C27H26N2O7/c1-3-27(18-33-16-20-10-6-4-7-11-20)24(34-17-21-12-8-5-9-13-21)23(35-19(2)30)25(36-27)29-15-14-22(31)28-26(29)32/h1,4-15,23-25H,16-18H2,2H3,(H,28,31,32)/t23?,24?,25-,27-/m1/s1. The second kappa shape index (κ2) is 11.2. The molecule has 1 saturated heterocycles. The van der Waals surface area contributed by atoms with Crippen molar-refractivity contribution in [1.82, 2.24) is 9.55 Å². The molecule has 4 rings (SSSR count). The summed E-state index contributed by atoms with van der Waals surface area (Å²) < 4.78 is 25.1. The molecule has 3 aromatic rings. The predicted octanol–water partition coefficient (Wildman–Crippen LogP) is 2.17. The quantitative estimate of drug-likeness (QED) is 0.362. The molecule has 0 bridgehead atoms. The molecule has 0 aliphatic carbocycles. The molecule has 9 nitrogen and oxygen atoms in total. The van der Waals surface area contributed by atoms with Crippen molar-refractivity contribution in [3.05, 3.63) is 105 Å². The topological polar surface area (TPSA) is 109 Å². The summed E-state index contributed by atoms with van der Waals surface area (Å²) in [6.45, 7) is 1.52. The molecule has 1 aromatic heterocycles. The third-order valence-corrected chi connectivity index (χ3v) is 5.74. The van der Waals surface area contributed by atoms with Crippen LogP contribution < -0.4 is 11.2 Å². The third kappa shape index (κ3) is 5.63. The van der Waals surface area contributed by atoms with Gasteiger partial charge in [-0.2, -0.15) is 0 Å². The highest BCUT2D eigenvalue weighted by Crippen LogP contribution is 2.41. The number of benzene rings is 2. The Balaban J connectivity index is 1.68. The van der Waals surface area contributed by atoms with Crippen molar-refractivity contribution in [1.29, 1.82) is 0 Å². The van der Waals surface area contributed by atoms with Crippen LogP contribution in [0.25, 0.3) is 0 Å². The first-order chi connectivity index (χ1) is 17.4. The van der Waals surface area contributed by atoms with Gasteiger partial charge >= 0.3 is 11.7 Å². The van der Waals surface area contributed by atoms with Crippen molar-refractivity contribution in [2.45, 2.75) is 44.2 Å². The molecule has 186 valence electrons. The normalized spacial score (nSPS) is 23.2. The smallest absolute Gasteiger partial charge is 0.330 e. The van der Waals surface area contributed by atoms with Crippen molar-refractivity contribution in [2.75, 3.05) is 6.61 Å². The molecule has 2 aromatic carbocycles. The van der Waals surface area contributed by atoms with Gasteiger partial charge in [-0.3, -0.25) is 19.1 Å². The third-order valence-electron chi connectivity index (χ3n) is 5.74. The number of nitrogens with one attached hydrogen (secondary N) is 1. The number of aromatic nitrogens is 2. The number of carbonyl (C=O) groups excluding carboxylic acids is 1. The minimum absolute atomic E-state index is 0.107. The number of hydrogen-bond donors (Lipinski definition) is 1. The SMILES string of the molecule is C#C[C@]1(COCc2ccccc2)O[C@@H](n2ccc(=O)[nH]c2=O)C(OC(C)=O)C1OCc1ccccc1. The molecular formula is C27H26N2O7. The van der Waals surface area contributed by atoms with Crippen LogP contribution in [0.4, 0.5) is 0 Å². The van der Waals surface area contributed by atoms with E-state index in [1.54, 1.807) is 0 Å². The van der Waals surface area contributed by atoms with Gasteiger partial charge in [0.15, 0.2) is 17.9 Å². The number of nitrogens with zero attached hydrogens (tertiary/aromatic N) is 1. The van der Waals surface area contributed by atoms with Gasteiger partial charge < -0.3 is 18.9 Å². The molecule has 0 amide bonds. The lowest BCUT2D eigenvalue weighted by Gasteiger charge is -2.30. The number of ether oxygens (including phenoxy) is 4. The van der Waals surface area contributed by atoms with Crippen molar-refractivity contribution in [3.63, 3.8) is 0 Å². The number of rotatable bonds is 9. The van der Waals surface area contributed by atoms with Gasteiger partial charge in [-0.25, -0.2) is 4.79 Å². The monoisotopic (exact) mass is 490 g/mol. The Bertz CT molecular complexity index is 1330. The molecule has 2 heterocycles. The first-order valence-corrected chi connectivity index (χ1v) is 11.3. The van der Waals surface area contributed by atoms with Crippen LogP contribution in [0, 0.1) is 12.3 Å². The Hall–Kier alpha value is -3.97. The zero-order chi connectivity index (χ0) is 25.5. The molecule has 9 heteroatoms. The van der Waals surface area contributed by atoms with Gasteiger partial charge in [-0.1, -0.05) is 66.6 Å².